The van der Waals surface area contributed by atoms with E-state index < -0.39 is 11.6 Å². The number of hydrogen-bond donors (Lipinski definition) is 2. The molecule has 2 heterocycles. The van der Waals surface area contributed by atoms with Crippen LogP contribution < -0.4 is 10.6 Å². The summed E-state index contributed by atoms with van der Waals surface area (Å²) in [7, 11) is 0. The van der Waals surface area contributed by atoms with E-state index in [1.807, 2.05) is 18.2 Å². The Bertz CT molecular complexity index is 1010. The van der Waals surface area contributed by atoms with Crippen molar-refractivity contribution in [3.05, 3.63) is 71.4 Å². The highest BCUT2D eigenvalue weighted by atomic mass is 19.1. The average molecular weight is 352 g/mol. The van der Waals surface area contributed by atoms with Crippen LogP contribution in [0.3, 0.4) is 0 Å². The normalized spacial score (nSPS) is 12.6. The molecule has 0 bridgehead atoms. The molecule has 1 aliphatic rings. The molecule has 0 aliphatic carbocycles. The third-order valence-electron chi connectivity index (χ3n) is 4.12. The van der Waals surface area contributed by atoms with Gasteiger partial charge in [0.2, 0.25) is 11.9 Å². The molecule has 5 nitrogen and oxygen atoms in total. The Labute approximate surface area is 148 Å². The molecule has 0 saturated carbocycles. The minimum Gasteiger partial charge on any atom is -0.350 e. The zero-order chi connectivity index (χ0) is 18.1. The standard InChI is InChI=1S/C19H14F2N4O/c20-13-5-6-15(21)11(7-13)9-22-19-23-10-12-8-17(26)24-16-4-2-1-3-14(16)18(12)25-19/h1-7,10H,8-9H2,(H,24,26)(H,22,23,25). The summed E-state index contributed by atoms with van der Waals surface area (Å²) in [4.78, 5) is 20.7. The van der Waals surface area contributed by atoms with E-state index in [1.54, 1.807) is 12.3 Å². The van der Waals surface area contributed by atoms with Gasteiger partial charge < -0.3 is 10.6 Å². The molecule has 1 aromatic heterocycles. The fourth-order valence-electron chi connectivity index (χ4n) is 2.87. The summed E-state index contributed by atoms with van der Waals surface area (Å²) >= 11 is 0. The summed E-state index contributed by atoms with van der Waals surface area (Å²) in [6.07, 6.45) is 1.75. The molecule has 1 aliphatic heterocycles. The van der Waals surface area contributed by atoms with Gasteiger partial charge in [-0.25, -0.2) is 18.7 Å². The molecule has 7 heteroatoms. The predicted molar refractivity (Wildman–Crippen MR) is 93.5 cm³/mol. The number of benzene rings is 2. The molecule has 0 spiro atoms. The fourth-order valence-corrected chi connectivity index (χ4v) is 2.87. The first-order valence-electron chi connectivity index (χ1n) is 8.03. The fraction of sp³-hybridized carbons (Fsp3) is 0.105. The molecule has 0 radical (unpaired) electrons. The number of anilines is 2. The number of hydrogen-bond acceptors (Lipinski definition) is 4. The smallest absolute Gasteiger partial charge is 0.228 e. The van der Waals surface area contributed by atoms with Crippen LogP contribution in [0.4, 0.5) is 20.4 Å². The van der Waals surface area contributed by atoms with E-state index in [9.17, 15) is 13.6 Å². The van der Waals surface area contributed by atoms with Gasteiger partial charge >= 0.3 is 0 Å². The van der Waals surface area contributed by atoms with Gasteiger partial charge in [-0.1, -0.05) is 18.2 Å². The van der Waals surface area contributed by atoms with E-state index in [2.05, 4.69) is 20.6 Å². The SMILES string of the molecule is O=C1Cc2cnc(NCc3cc(F)ccc3F)nc2-c2ccccc2N1. The Morgan fingerprint density at radius 1 is 1.15 bits per heavy atom. The van der Waals surface area contributed by atoms with E-state index in [-0.39, 0.29) is 30.4 Å². The van der Waals surface area contributed by atoms with Crippen LogP contribution in [0.5, 0.6) is 0 Å². The number of carbonyl (C=O) groups is 1. The maximum atomic E-state index is 13.7. The molecule has 0 unspecified atom stereocenters. The molecule has 0 atom stereocenters. The highest BCUT2D eigenvalue weighted by Gasteiger charge is 2.20. The second-order valence-corrected chi connectivity index (χ2v) is 5.93. The summed E-state index contributed by atoms with van der Waals surface area (Å²) in [5.41, 5.74) is 2.99. The Hall–Kier alpha value is -3.35. The number of amides is 1. The lowest BCUT2D eigenvalue weighted by atomic mass is 10.1. The first-order chi connectivity index (χ1) is 12.6. The van der Waals surface area contributed by atoms with Crippen LogP contribution in [0.1, 0.15) is 11.1 Å². The Balaban J connectivity index is 1.66. The van der Waals surface area contributed by atoms with Crippen molar-refractivity contribution in [1.82, 2.24) is 9.97 Å². The van der Waals surface area contributed by atoms with Crippen molar-refractivity contribution >= 4 is 17.5 Å². The number of nitrogens with one attached hydrogen (secondary N) is 2. The molecule has 0 fully saturated rings. The highest BCUT2D eigenvalue weighted by molar-refractivity contribution is 5.99. The van der Waals surface area contributed by atoms with Crippen LogP contribution in [0.15, 0.2) is 48.7 Å². The van der Waals surface area contributed by atoms with Gasteiger partial charge in [-0.15, -0.1) is 0 Å². The van der Waals surface area contributed by atoms with Gasteiger partial charge in [0.1, 0.15) is 11.6 Å². The summed E-state index contributed by atoms with van der Waals surface area (Å²) in [5, 5.41) is 5.75. The Morgan fingerprint density at radius 2 is 2.00 bits per heavy atom. The van der Waals surface area contributed by atoms with Crippen molar-refractivity contribution in [2.24, 2.45) is 0 Å². The average Bonchev–Trinajstić information content (AvgIpc) is 2.77. The van der Waals surface area contributed by atoms with Crippen molar-refractivity contribution < 1.29 is 13.6 Å². The summed E-state index contributed by atoms with van der Waals surface area (Å²) < 4.78 is 27.0. The lowest BCUT2D eigenvalue weighted by molar-refractivity contribution is -0.115. The predicted octanol–water partition coefficient (Wildman–Crippen LogP) is 3.53. The Morgan fingerprint density at radius 3 is 2.88 bits per heavy atom. The lowest BCUT2D eigenvalue weighted by Crippen LogP contribution is -2.13. The van der Waals surface area contributed by atoms with Crippen molar-refractivity contribution in [3.8, 4) is 11.3 Å². The molecule has 3 aromatic rings. The molecule has 4 rings (SSSR count). The monoisotopic (exact) mass is 352 g/mol. The number of nitrogens with zero attached hydrogens (tertiary/aromatic N) is 2. The van der Waals surface area contributed by atoms with Crippen LogP contribution in [0.25, 0.3) is 11.3 Å². The van der Waals surface area contributed by atoms with Crippen LogP contribution in [-0.4, -0.2) is 15.9 Å². The molecular weight excluding hydrogens is 338 g/mol. The van der Waals surface area contributed by atoms with Gasteiger partial charge in [0.15, 0.2) is 0 Å². The highest BCUT2D eigenvalue weighted by Crippen LogP contribution is 2.32. The number of aromatic nitrogens is 2. The molecule has 2 aromatic carbocycles. The number of carbonyl (C=O) groups excluding carboxylic acids is 1. The molecule has 26 heavy (non-hydrogen) atoms. The maximum Gasteiger partial charge on any atom is 0.228 e. The topological polar surface area (TPSA) is 66.9 Å². The van der Waals surface area contributed by atoms with Crippen LogP contribution in [0.2, 0.25) is 0 Å². The third-order valence-corrected chi connectivity index (χ3v) is 4.12. The van der Waals surface area contributed by atoms with Crippen LogP contribution >= 0.6 is 0 Å². The number of rotatable bonds is 3. The quantitative estimate of drug-likeness (QED) is 0.757. The van der Waals surface area contributed by atoms with Gasteiger partial charge in [0, 0.05) is 29.4 Å². The molecule has 130 valence electrons. The van der Waals surface area contributed by atoms with Gasteiger partial charge in [-0.3, -0.25) is 4.79 Å². The van der Waals surface area contributed by atoms with Gasteiger partial charge in [0.25, 0.3) is 0 Å². The largest absolute Gasteiger partial charge is 0.350 e. The van der Waals surface area contributed by atoms with Crippen LogP contribution in [0, 0.1) is 11.6 Å². The molecule has 2 N–H and O–H groups in total. The van der Waals surface area contributed by atoms with Gasteiger partial charge in [0.05, 0.1) is 17.8 Å². The second kappa shape index (κ2) is 6.51. The van der Waals surface area contributed by atoms with Gasteiger partial charge in [-0.2, -0.15) is 0 Å². The van der Waals surface area contributed by atoms with Crippen LogP contribution in [-0.2, 0) is 17.8 Å². The summed E-state index contributed by atoms with van der Waals surface area (Å²) in [5.74, 6) is -0.878. The van der Waals surface area contributed by atoms with E-state index in [0.29, 0.717) is 16.9 Å². The zero-order valence-electron chi connectivity index (χ0n) is 13.6. The lowest BCUT2D eigenvalue weighted by Gasteiger charge is -2.10. The third kappa shape index (κ3) is 3.11. The van der Waals surface area contributed by atoms with E-state index in [0.717, 1.165) is 23.8 Å². The van der Waals surface area contributed by atoms with E-state index in [1.165, 1.54) is 0 Å². The maximum absolute atomic E-state index is 13.7. The zero-order valence-corrected chi connectivity index (χ0v) is 13.6. The van der Waals surface area contributed by atoms with E-state index in [4.69, 9.17) is 0 Å². The number of halogens is 2. The van der Waals surface area contributed by atoms with Crippen molar-refractivity contribution in [2.75, 3.05) is 10.6 Å². The first-order valence-corrected chi connectivity index (χ1v) is 8.03. The van der Waals surface area contributed by atoms with Gasteiger partial charge in [-0.05, 0) is 24.3 Å². The number of fused-ring (bicyclic) bond motifs is 3. The van der Waals surface area contributed by atoms with Crippen molar-refractivity contribution in [3.63, 3.8) is 0 Å². The molecular formula is C19H14F2N4O. The first kappa shape index (κ1) is 16.1. The molecule has 0 saturated heterocycles. The molecule has 1 amide bonds. The van der Waals surface area contributed by atoms with E-state index >= 15 is 0 Å². The minimum absolute atomic E-state index is 0.0429. The Kier molecular flexibility index (Phi) is 4.04. The second-order valence-electron chi connectivity index (χ2n) is 5.93. The summed E-state index contributed by atoms with van der Waals surface area (Å²) in [6, 6.07) is 10.6. The van der Waals surface area contributed by atoms with Crippen molar-refractivity contribution in [2.45, 2.75) is 13.0 Å². The summed E-state index contributed by atoms with van der Waals surface area (Å²) in [6.45, 7) is 0.0429. The minimum atomic E-state index is -0.510. The number of para-hydroxylation sites is 1. The van der Waals surface area contributed by atoms with Crippen molar-refractivity contribution in [1.29, 1.82) is 0 Å².